The average Bonchev–Trinajstić information content (AvgIpc) is 2.05. The number of hydrogen-bond donors (Lipinski definition) is 0. The molecule has 0 N–H and O–H groups in total. The first kappa shape index (κ1) is 5.47. The van der Waals surface area contributed by atoms with Crippen LogP contribution in [0.5, 0.6) is 5.88 Å². The lowest BCUT2D eigenvalue weighted by atomic mass is 10.2. The molecule has 0 aromatic carbocycles. The van der Waals surface area contributed by atoms with E-state index < -0.39 is 0 Å². The van der Waals surface area contributed by atoms with E-state index >= 15 is 0 Å². The van der Waals surface area contributed by atoms with Crippen molar-refractivity contribution >= 4 is 6.08 Å². The molecule has 1 aromatic rings. The second-order valence-corrected chi connectivity index (χ2v) is 2.04. The summed E-state index contributed by atoms with van der Waals surface area (Å²) in [5.74, 6) is 0.709. The van der Waals surface area contributed by atoms with Gasteiger partial charge in [-0.1, -0.05) is 6.08 Å². The maximum absolute atomic E-state index is 5.21. The molecular formula is C8H6NO. The molecule has 0 amide bonds. The summed E-state index contributed by atoms with van der Waals surface area (Å²) >= 11 is 0. The van der Waals surface area contributed by atoms with Gasteiger partial charge in [0, 0.05) is 17.8 Å². The van der Waals surface area contributed by atoms with Crippen molar-refractivity contribution < 1.29 is 4.74 Å². The molecule has 0 saturated carbocycles. The Hall–Kier alpha value is -1.31. The Kier molecular flexibility index (Phi) is 1.17. The molecule has 2 heterocycles. The summed E-state index contributed by atoms with van der Waals surface area (Å²) in [6.45, 7) is 0.629. The van der Waals surface area contributed by atoms with E-state index in [-0.39, 0.29) is 0 Å². The van der Waals surface area contributed by atoms with Gasteiger partial charge in [-0.2, -0.15) is 0 Å². The summed E-state index contributed by atoms with van der Waals surface area (Å²) < 4.78 is 5.21. The van der Waals surface area contributed by atoms with Crippen molar-refractivity contribution in [2.45, 2.75) is 0 Å². The van der Waals surface area contributed by atoms with Gasteiger partial charge in [0.25, 0.3) is 0 Å². The van der Waals surface area contributed by atoms with Gasteiger partial charge >= 0.3 is 0 Å². The summed E-state index contributed by atoms with van der Waals surface area (Å²) in [7, 11) is 0. The molecule has 0 bridgehead atoms. The van der Waals surface area contributed by atoms with E-state index in [0.717, 1.165) is 5.56 Å². The summed E-state index contributed by atoms with van der Waals surface area (Å²) in [6, 6.07) is 4.74. The third-order valence-corrected chi connectivity index (χ3v) is 1.36. The number of hydrogen-bond acceptors (Lipinski definition) is 2. The first-order valence-corrected chi connectivity index (χ1v) is 3.12. The molecule has 1 aliphatic rings. The zero-order valence-electron chi connectivity index (χ0n) is 5.37. The van der Waals surface area contributed by atoms with Crippen LogP contribution in [0.15, 0.2) is 18.3 Å². The normalized spacial score (nSPS) is 14.0. The van der Waals surface area contributed by atoms with Crippen LogP contribution in [0.3, 0.4) is 0 Å². The number of ether oxygens (including phenoxy) is 1. The quantitative estimate of drug-likeness (QED) is 0.530. The molecule has 0 atom stereocenters. The minimum Gasteiger partial charge on any atom is -0.473 e. The molecule has 1 radical (unpaired) electrons. The lowest BCUT2D eigenvalue weighted by Gasteiger charge is -2.08. The highest BCUT2D eigenvalue weighted by Crippen LogP contribution is 2.18. The molecule has 0 saturated heterocycles. The van der Waals surface area contributed by atoms with E-state index in [9.17, 15) is 0 Å². The number of nitrogens with zero attached hydrogens (tertiary/aromatic N) is 1. The van der Waals surface area contributed by atoms with Crippen LogP contribution in [0.2, 0.25) is 0 Å². The predicted octanol–water partition coefficient (Wildman–Crippen LogP) is 1.29. The second kappa shape index (κ2) is 2.14. The van der Waals surface area contributed by atoms with Gasteiger partial charge in [0.05, 0.1) is 0 Å². The Morgan fingerprint density at radius 3 is 3.50 bits per heavy atom. The van der Waals surface area contributed by atoms with Gasteiger partial charge in [0.2, 0.25) is 5.88 Å². The molecule has 0 fully saturated rings. The average molecular weight is 132 g/mol. The lowest BCUT2D eigenvalue weighted by molar-refractivity contribution is 0.344. The minimum absolute atomic E-state index is 0.629. The zero-order valence-corrected chi connectivity index (χ0v) is 5.37. The molecular weight excluding hydrogens is 126 g/mol. The fourth-order valence-corrected chi connectivity index (χ4v) is 0.901. The molecule has 1 aromatic heterocycles. The van der Waals surface area contributed by atoms with Crippen LogP contribution in [-0.2, 0) is 0 Å². The van der Waals surface area contributed by atoms with E-state index in [1.807, 2.05) is 18.2 Å². The molecule has 2 heteroatoms. The topological polar surface area (TPSA) is 22.1 Å². The van der Waals surface area contributed by atoms with Crippen LogP contribution < -0.4 is 4.74 Å². The molecule has 2 nitrogen and oxygen atoms in total. The highest BCUT2D eigenvalue weighted by molar-refractivity contribution is 5.55. The van der Waals surface area contributed by atoms with Crippen molar-refractivity contribution in [3.63, 3.8) is 0 Å². The Morgan fingerprint density at radius 1 is 1.60 bits per heavy atom. The molecule has 10 heavy (non-hydrogen) atoms. The highest BCUT2D eigenvalue weighted by atomic mass is 16.5. The molecule has 2 rings (SSSR count). The Labute approximate surface area is 59.2 Å². The summed E-state index contributed by atoms with van der Waals surface area (Å²) in [5.41, 5.74) is 1.01. The standard InChI is InChI=1S/C8H6NO/c1-3-7-4-2-6-10-8(7)9-5-1/h2-5H,6H2. The van der Waals surface area contributed by atoms with Crippen LogP contribution in [0.25, 0.3) is 6.08 Å². The molecule has 0 unspecified atom stereocenters. The van der Waals surface area contributed by atoms with Gasteiger partial charge < -0.3 is 4.74 Å². The lowest BCUT2D eigenvalue weighted by Crippen LogP contribution is -2.01. The van der Waals surface area contributed by atoms with Crippen molar-refractivity contribution in [2.75, 3.05) is 6.61 Å². The first-order valence-electron chi connectivity index (χ1n) is 3.12. The van der Waals surface area contributed by atoms with Crippen molar-refractivity contribution in [2.24, 2.45) is 0 Å². The first-order chi connectivity index (χ1) is 4.97. The Bertz CT molecular complexity index is 268. The van der Waals surface area contributed by atoms with Gasteiger partial charge in [-0.15, -0.1) is 0 Å². The predicted molar refractivity (Wildman–Crippen MR) is 37.6 cm³/mol. The molecule has 0 spiro atoms. The summed E-state index contributed by atoms with van der Waals surface area (Å²) in [6.07, 6.45) is 5.55. The third kappa shape index (κ3) is 0.778. The minimum atomic E-state index is 0.629. The number of aromatic nitrogens is 1. The van der Waals surface area contributed by atoms with Crippen LogP contribution in [-0.4, -0.2) is 11.6 Å². The Morgan fingerprint density at radius 2 is 2.60 bits per heavy atom. The highest BCUT2D eigenvalue weighted by Gasteiger charge is 2.03. The van der Waals surface area contributed by atoms with Gasteiger partial charge in [-0.3, -0.25) is 0 Å². The fourth-order valence-electron chi connectivity index (χ4n) is 0.901. The smallest absolute Gasteiger partial charge is 0.221 e. The van der Waals surface area contributed by atoms with Crippen molar-refractivity contribution in [1.82, 2.24) is 4.98 Å². The zero-order chi connectivity index (χ0) is 6.81. The van der Waals surface area contributed by atoms with Crippen molar-refractivity contribution in [3.8, 4) is 5.88 Å². The van der Waals surface area contributed by atoms with Gasteiger partial charge in [0.15, 0.2) is 0 Å². The number of rotatable bonds is 0. The van der Waals surface area contributed by atoms with Crippen molar-refractivity contribution in [1.29, 1.82) is 0 Å². The van der Waals surface area contributed by atoms with Crippen LogP contribution in [0, 0.1) is 6.07 Å². The summed E-state index contributed by atoms with van der Waals surface area (Å²) in [5, 5.41) is 0. The van der Waals surface area contributed by atoms with Crippen LogP contribution >= 0.6 is 0 Å². The third-order valence-electron chi connectivity index (χ3n) is 1.36. The number of pyridine rings is 1. The summed E-state index contributed by atoms with van der Waals surface area (Å²) in [4.78, 5) is 3.99. The monoisotopic (exact) mass is 132 g/mol. The van der Waals surface area contributed by atoms with E-state index in [0.29, 0.717) is 12.5 Å². The van der Waals surface area contributed by atoms with E-state index in [2.05, 4.69) is 11.1 Å². The van der Waals surface area contributed by atoms with Gasteiger partial charge in [-0.05, 0) is 12.1 Å². The van der Waals surface area contributed by atoms with Crippen molar-refractivity contribution in [3.05, 3.63) is 30.0 Å². The van der Waals surface area contributed by atoms with Crippen LogP contribution in [0.1, 0.15) is 5.56 Å². The number of fused-ring (bicyclic) bond motifs is 1. The van der Waals surface area contributed by atoms with E-state index in [4.69, 9.17) is 4.74 Å². The second-order valence-electron chi connectivity index (χ2n) is 2.04. The van der Waals surface area contributed by atoms with Crippen LogP contribution in [0.4, 0.5) is 0 Å². The van der Waals surface area contributed by atoms with E-state index in [1.165, 1.54) is 0 Å². The molecule has 1 aliphatic heterocycles. The van der Waals surface area contributed by atoms with E-state index in [1.54, 1.807) is 6.20 Å². The largest absolute Gasteiger partial charge is 0.473 e. The molecule has 0 aliphatic carbocycles. The van der Waals surface area contributed by atoms with Gasteiger partial charge in [0.1, 0.15) is 6.61 Å². The fraction of sp³-hybridized carbons (Fsp3) is 0.125. The van der Waals surface area contributed by atoms with Gasteiger partial charge in [-0.25, -0.2) is 4.98 Å². The maximum Gasteiger partial charge on any atom is 0.221 e. The SMILES string of the molecule is [c]1cnc2c(c1)C=CCO2. The Balaban J connectivity index is 2.54. The molecule has 49 valence electrons. The maximum atomic E-state index is 5.21.